The number of fused-ring (bicyclic) bond motifs is 1. The highest BCUT2D eigenvalue weighted by Crippen LogP contribution is 2.31. The first-order valence-electron chi connectivity index (χ1n) is 8.22. The molecule has 0 radical (unpaired) electrons. The number of likely N-dealkylation sites (tertiary alicyclic amines) is 1. The van der Waals surface area contributed by atoms with E-state index in [1.165, 1.54) is 43.6 Å². The van der Waals surface area contributed by atoms with Gasteiger partial charge in [0.05, 0.1) is 0 Å². The standard InChI is InChI=1S/C18H28N2/c1-13(2)15-6-8-16(9-7-15)14(3)20-11-17-5-4-10-19-18(17)12-20/h6-9,13-14,17-19H,4-5,10-12H2,1-3H3/t14?,17-,18+/m0/s1. The molecule has 0 bridgehead atoms. The van der Waals surface area contributed by atoms with Crippen molar-refractivity contribution in [3.05, 3.63) is 35.4 Å². The fraction of sp³-hybridized carbons (Fsp3) is 0.667. The van der Waals surface area contributed by atoms with Crippen LogP contribution in [0.4, 0.5) is 0 Å². The van der Waals surface area contributed by atoms with E-state index in [4.69, 9.17) is 0 Å². The quantitative estimate of drug-likeness (QED) is 0.905. The van der Waals surface area contributed by atoms with Crippen LogP contribution in [0, 0.1) is 5.92 Å². The molecule has 0 aromatic heterocycles. The predicted octanol–water partition coefficient (Wildman–Crippen LogP) is 3.55. The molecule has 110 valence electrons. The molecule has 0 spiro atoms. The van der Waals surface area contributed by atoms with Crippen LogP contribution in [0.3, 0.4) is 0 Å². The minimum absolute atomic E-state index is 0.545. The Balaban J connectivity index is 1.68. The summed E-state index contributed by atoms with van der Waals surface area (Å²) in [7, 11) is 0. The van der Waals surface area contributed by atoms with Crippen molar-refractivity contribution in [1.82, 2.24) is 10.2 Å². The second kappa shape index (κ2) is 5.87. The molecule has 2 aliphatic heterocycles. The van der Waals surface area contributed by atoms with E-state index in [9.17, 15) is 0 Å². The average Bonchev–Trinajstić information content (AvgIpc) is 2.90. The summed E-state index contributed by atoms with van der Waals surface area (Å²) < 4.78 is 0. The van der Waals surface area contributed by atoms with Crippen molar-refractivity contribution in [3.8, 4) is 0 Å². The molecule has 20 heavy (non-hydrogen) atoms. The molecule has 0 amide bonds. The van der Waals surface area contributed by atoms with Crippen molar-refractivity contribution in [1.29, 1.82) is 0 Å². The van der Waals surface area contributed by atoms with Crippen LogP contribution in [-0.4, -0.2) is 30.6 Å². The Morgan fingerprint density at radius 1 is 1.05 bits per heavy atom. The topological polar surface area (TPSA) is 15.3 Å². The second-order valence-corrected chi connectivity index (χ2v) is 6.91. The number of hydrogen-bond donors (Lipinski definition) is 1. The largest absolute Gasteiger partial charge is 0.312 e. The molecular weight excluding hydrogens is 244 g/mol. The summed E-state index contributed by atoms with van der Waals surface area (Å²) in [5, 5.41) is 3.70. The highest BCUT2D eigenvalue weighted by molar-refractivity contribution is 5.27. The van der Waals surface area contributed by atoms with Gasteiger partial charge in [0.1, 0.15) is 0 Å². The van der Waals surface area contributed by atoms with E-state index >= 15 is 0 Å². The van der Waals surface area contributed by atoms with Gasteiger partial charge in [-0.05, 0) is 49.3 Å². The zero-order valence-electron chi connectivity index (χ0n) is 13.1. The zero-order valence-corrected chi connectivity index (χ0v) is 13.1. The van der Waals surface area contributed by atoms with Crippen LogP contribution in [-0.2, 0) is 0 Å². The molecule has 2 heteroatoms. The first kappa shape index (κ1) is 14.1. The Morgan fingerprint density at radius 3 is 2.40 bits per heavy atom. The molecule has 1 unspecified atom stereocenters. The molecule has 2 heterocycles. The maximum Gasteiger partial charge on any atom is 0.0320 e. The molecule has 2 aliphatic rings. The van der Waals surface area contributed by atoms with Crippen molar-refractivity contribution in [2.45, 2.75) is 51.6 Å². The molecule has 3 rings (SSSR count). The fourth-order valence-electron chi connectivity index (χ4n) is 3.77. The van der Waals surface area contributed by atoms with Crippen LogP contribution in [0.25, 0.3) is 0 Å². The Bertz CT molecular complexity index is 423. The summed E-state index contributed by atoms with van der Waals surface area (Å²) >= 11 is 0. The van der Waals surface area contributed by atoms with Crippen molar-refractivity contribution >= 4 is 0 Å². The monoisotopic (exact) mass is 272 g/mol. The van der Waals surface area contributed by atoms with Gasteiger partial charge in [0.15, 0.2) is 0 Å². The third kappa shape index (κ3) is 2.77. The number of hydrogen-bond acceptors (Lipinski definition) is 2. The van der Waals surface area contributed by atoms with Crippen molar-refractivity contribution in [2.24, 2.45) is 5.92 Å². The Hall–Kier alpha value is -0.860. The summed E-state index contributed by atoms with van der Waals surface area (Å²) in [6.07, 6.45) is 2.76. The lowest BCUT2D eigenvalue weighted by Gasteiger charge is -2.25. The lowest BCUT2D eigenvalue weighted by molar-refractivity contribution is 0.251. The minimum Gasteiger partial charge on any atom is -0.312 e. The molecule has 3 atom stereocenters. The van der Waals surface area contributed by atoms with Gasteiger partial charge in [-0.2, -0.15) is 0 Å². The Kier molecular flexibility index (Phi) is 4.13. The summed E-state index contributed by atoms with van der Waals surface area (Å²) in [6.45, 7) is 10.6. The molecule has 2 nitrogen and oxygen atoms in total. The van der Waals surface area contributed by atoms with Gasteiger partial charge < -0.3 is 5.32 Å². The number of nitrogens with zero attached hydrogens (tertiary/aromatic N) is 1. The zero-order chi connectivity index (χ0) is 14.1. The molecule has 0 saturated carbocycles. The highest BCUT2D eigenvalue weighted by atomic mass is 15.2. The first-order chi connectivity index (χ1) is 9.65. The van der Waals surface area contributed by atoms with Gasteiger partial charge >= 0.3 is 0 Å². The molecule has 0 aliphatic carbocycles. The van der Waals surface area contributed by atoms with Gasteiger partial charge in [0, 0.05) is 25.2 Å². The van der Waals surface area contributed by atoms with Crippen LogP contribution in [0.1, 0.15) is 56.7 Å². The number of benzene rings is 1. The van der Waals surface area contributed by atoms with Gasteiger partial charge in [-0.25, -0.2) is 0 Å². The van der Waals surface area contributed by atoms with Crippen LogP contribution in [0.15, 0.2) is 24.3 Å². The predicted molar refractivity (Wildman–Crippen MR) is 85.0 cm³/mol. The van der Waals surface area contributed by atoms with Crippen molar-refractivity contribution in [3.63, 3.8) is 0 Å². The number of nitrogens with one attached hydrogen (secondary N) is 1. The van der Waals surface area contributed by atoms with E-state index < -0.39 is 0 Å². The summed E-state index contributed by atoms with van der Waals surface area (Å²) in [5.41, 5.74) is 2.91. The number of piperidine rings is 1. The van der Waals surface area contributed by atoms with Gasteiger partial charge in [0.25, 0.3) is 0 Å². The van der Waals surface area contributed by atoms with Crippen LogP contribution >= 0.6 is 0 Å². The number of rotatable bonds is 3. The van der Waals surface area contributed by atoms with E-state index in [0.29, 0.717) is 12.0 Å². The summed E-state index contributed by atoms with van der Waals surface area (Å²) in [4.78, 5) is 2.66. The second-order valence-electron chi connectivity index (χ2n) is 6.91. The third-order valence-corrected chi connectivity index (χ3v) is 5.26. The smallest absolute Gasteiger partial charge is 0.0320 e. The third-order valence-electron chi connectivity index (χ3n) is 5.26. The van der Waals surface area contributed by atoms with Crippen molar-refractivity contribution < 1.29 is 0 Å². The highest BCUT2D eigenvalue weighted by Gasteiger charge is 2.36. The normalized spacial score (nSPS) is 28.6. The SMILES string of the molecule is CC(C)c1ccc(C(C)N2C[C@@H]3CCCN[C@@H]3C2)cc1. The first-order valence-corrected chi connectivity index (χ1v) is 8.22. The maximum absolute atomic E-state index is 3.70. The van der Waals surface area contributed by atoms with Gasteiger partial charge in [-0.3, -0.25) is 4.90 Å². The van der Waals surface area contributed by atoms with Crippen molar-refractivity contribution in [2.75, 3.05) is 19.6 Å². The van der Waals surface area contributed by atoms with E-state index in [-0.39, 0.29) is 0 Å². The van der Waals surface area contributed by atoms with E-state index in [1.54, 1.807) is 0 Å². The van der Waals surface area contributed by atoms with Gasteiger partial charge in [0.2, 0.25) is 0 Å². The van der Waals surface area contributed by atoms with Crippen LogP contribution < -0.4 is 5.32 Å². The maximum atomic E-state index is 3.70. The summed E-state index contributed by atoms with van der Waals surface area (Å²) in [6, 6.07) is 10.5. The fourth-order valence-corrected chi connectivity index (χ4v) is 3.77. The Morgan fingerprint density at radius 2 is 1.75 bits per heavy atom. The lowest BCUT2D eigenvalue weighted by Crippen LogP contribution is -2.40. The lowest BCUT2D eigenvalue weighted by atomic mass is 9.94. The van der Waals surface area contributed by atoms with Crippen LogP contribution in [0.5, 0.6) is 0 Å². The molecular formula is C18H28N2. The molecule has 1 aromatic carbocycles. The average molecular weight is 272 g/mol. The Labute approximate surface area is 123 Å². The van der Waals surface area contributed by atoms with E-state index in [1.807, 2.05) is 0 Å². The van der Waals surface area contributed by atoms with E-state index in [2.05, 4.69) is 55.3 Å². The summed E-state index contributed by atoms with van der Waals surface area (Å²) in [5.74, 6) is 1.50. The van der Waals surface area contributed by atoms with E-state index in [0.717, 1.165) is 12.0 Å². The molecule has 2 saturated heterocycles. The molecule has 1 aromatic rings. The molecule has 1 N–H and O–H groups in total. The van der Waals surface area contributed by atoms with Gasteiger partial charge in [-0.1, -0.05) is 38.1 Å². The van der Waals surface area contributed by atoms with Gasteiger partial charge in [-0.15, -0.1) is 0 Å². The minimum atomic E-state index is 0.545. The van der Waals surface area contributed by atoms with Crippen LogP contribution in [0.2, 0.25) is 0 Å². The molecule has 2 fully saturated rings.